The van der Waals surface area contributed by atoms with Crippen molar-refractivity contribution in [3.05, 3.63) is 28.3 Å². The average molecular weight is 326 g/mol. The third-order valence-electron chi connectivity index (χ3n) is 3.05. The minimum atomic E-state index is -0.612. The highest BCUT2D eigenvalue weighted by Crippen LogP contribution is 2.39. The van der Waals surface area contributed by atoms with Gasteiger partial charge in [0.2, 0.25) is 0 Å². The Bertz CT molecular complexity index is 606. The Morgan fingerprint density at radius 1 is 1.62 bits per heavy atom. The van der Waals surface area contributed by atoms with E-state index in [2.05, 4.69) is 0 Å². The second kappa shape index (κ2) is 6.40. The van der Waals surface area contributed by atoms with E-state index in [0.29, 0.717) is 16.4 Å². The molecule has 21 heavy (non-hydrogen) atoms. The molecule has 0 amide bonds. The van der Waals surface area contributed by atoms with Crippen LogP contribution in [0.25, 0.3) is 0 Å². The summed E-state index contributed by atoms with van der Waals surface area (Å²) < 4.78 is 5.02. The number of nitrogens with zero attached hydrogens (tertiary/aromatic N) is 2. The lowest BCUT2D eigenvalue weighted by molar-refractivity contribution is -0.384. The fraction of sp³-hybridized carbons (Fsp3) is 0.385. The van der Waals surface area contributed by atoms with Crippen LogP contribution in [0.4, 0.5) is 11.4 Å². The SMILES string of the molecule is CCOC(=O)[C@H](C)N1C(=S)CSc2ccc([N+](=O)[O-])cc21. The van der Waals surface area contributed by atoms with Crippen LogP contribution in [0.2, 0.25) is 0 Å². The molecule has 8 heteroatoms. The molecule has 6 nitrogen and oxygen atoms in total. The predicted octanol–water partition coefficient (Wildman–Crippen LogP) is 2.79. The molecule has 0 spiro atoms. The highest BCUT2D eigenvalue weighted by Gasteiger charge is 2.32. The van der Waals surface area contributed by atoms with Gasteiger partial charge in [-0.2, -0.15) is 0 Å². The summed E-state index contributed by atoms with van der Waals surface area (Å²) in [6.45, 7) is 3.69. The third-order valence-corrected chi connectivity index (χ3v) is 4.65. The number of hydrogen-bond acceptors (Lipinski definition) is 6. The van der Waals surface area contributed by atoms with E-state index in [9.17, 15) is 14.9 Å². The number of fused-ring (bicyclic) bond motifs is 1. The van der Waals surface area contributed by atoms with Gasteiger partial charge < -0.3 is 9.64 Å². The van der Waals surface area contributed by atoms with Gasteiger partial charge in [0.05, 0.1) is 22.2 Å². The third kappa shape index (κ3) is 3.16. The summed E-state index contributed by atoms with van der Waals surface area (Å²) in [7, 11) is 0. The largest absolute Gasteiger partial charge is 0.464 e. The molecule has 0 fully saturated rings. The maximum absolute atomic E-state index is 12.0. The van der Waals surface area contributed by atoms with Crippen LogP contribution in [0.3, 0.4) is 0 Å². The van der Waals surface area contributed by atoms with E-state index in [0.717, 1.165) is 4.90 Å². The zero-order valence-electron chi connectivity index (χ0n) is 11.6. The molecule has 1 heterocycles. The van der Waals surface area contributed by atoms with E-state index in [1.165, 1.54) is 23.9 Å². The van der Waals surface area contributed by atoms with Crippen molar-refractivity contribution >= 4 is 46.3 Å². The molecular formula is C13H14N2O4S2. The number of nitro benzene ring substituents is 1. The minimum Gasteiger partial charge on any atom is -0.464 e. The van der Waals surface area contributed by atoms with Crippen LogP contribution in [0.5, 0.6) is 0 Å². The molecule has 1 atom stereocenters. The van der Waals surface area contributed by atoms with Gasteiger partial charge in [-0.3, -0.25) is 10.1 Å². The predicted molar refractivity (Wildman–Crippen MR) is 85.0 cm³/mol. The molecular weight excluding hydrogens is 312 g/mol. The summed E-state index contributed by atoms with van der Waals surface area (Å²) in [5.41, 5.74) is 0.561. The zero-order chi connectivity index (χ0) is 15.6. The average Bonchev–Trinajstić information content (AvgIpc) is 2.46. The number of ether oxygens (including phenoxy) is 1. The van der Waals surface area contributed by atoms with Crippen LogP contribution in [0, 0.1) is 10.1 Å². The number of nitro groups is 1. The molecule has 1 aromatic carbocycles. The van der Waals surface area contributed by atoms with Gasteiger partial charge >= 0.3 is 5.97 Å². The Balaban J connectivity index is 2.43. The lowest BCUT2D eigenvalue weighted by Gasteiger charge is -2.34. The van der Waals surface area contributed by atoms with Crippen molar-refractivity contribution in [1.29, 1.82) is 0 Å². The van der Waals surface area contributed by atoms with Crippen molar-refractivity contribution in [2.45, 2.75) is 24.8 Å². The monoisotopic (exact) mass is 326 g/mol. The number of non-ortho nitro benzene ring substituents is 1. The zero-order valence-corrected chi connectivity index (χ0v) is 13.2. The number of thiocarbonyl (C=S) groups is 1. The molecule has 0 saturated carbocycles. The van der Waals surface area contributed by atoms with Crippen molar-refractivity contribution in [1.82, 2.24) is 0 Å². The van der Waals surface area contributed by atoms with Crippen molar-refractivity contribution < 1.29 is 14.5 Å². The second-order valence-corrected chi connectivity index (χ2v) is 5.88. The molecule has 0 saturated heterocycles. The number of hydrogen-bond donors (Lipinski definition) is 0. The second-order valence-electron chi connectivity index (χ2n) is 4.39. The van der Waals surface area contributed by atoms with E-state index in [1.807, 2.05) is 0 Å². The molecule has 0 bridgehead atoms. The lowest BCUT2D eigenvalue weighted by Crippen LogP contribution is -2.46. The standard InChI is InChI=1S/C13H14N2O4S2/c1-3-19-13(16)8(2)14-10-6-9(15(17)18)4-5-11(10)21-7-12(14)20/h4-6,8H,3,7H2,1-2H3/t8-/m0/s1. The molecule has 0 aromatic heterocycles. The first-order chi connectivity index (χ1) is 9.95. The number of benzene rings is 1. The van der Waals surface area contributed by atoms with Crippen molar-refractivity contribution in [3.63, 3.8) is 0 Å². The van der Waals surface area contributed by atoms with Gasteiger partial charge in [-0.05, 0) is 19.9 Å². The van der Waals surface area contributed by atoms with Gasteiger partial charge in [0.15, 0.2) is 0 Å². The smallest absolute Gasteiger partial charge is 0.328 e. The van der Waals surface area contributed by atoms with Gasteiger partial charge in [-0.15, -0.1) is 11.8 Å². The number of rotatable bonds is 4. The fourth-order valence-electron chi connectivity index (χ4n) is 2.07. The Morgan fingerprint density at radius 3 is 2.95 bits per heavy atom. The van der Waals surface area contributed by atoms with E-state index in [4.69, 9.17) is 17.0 Å². The van der Waals surface area contributed by atoms with Crippen LogP contribution in [0.1, 0.15) is 13.8 Å². The first-order valence-electron chi connectivity index (χ1n) is 6.35. The molecule has 1 aliphatic heterocycles. The van der Waals surface area contributed by atoms with Crippen molar-refractivity contribution in [2.24, 2.45) is 0 Å². The van der Waals surface area contributed by atoms with Crippen molar-refractivity contribution in [2.75, 3.05) is 17.3 Å². The summed E-state index contributed by atoms with van der Waals surface area (Å²) in [5, 5.41) is 10.9. The summed E-state index contributed by atoms with van der Waals surface area (Å²) >= 11 is 6.83. The molecule has 0 unspecified atom stereocenters. The van der Waals surface area contributed by atoms with Gasteiger partial charge in [-0.25, -0.2) is 4.79 Å². The first-order valence-corrected chi connectivity index (χ1v) is 7.75. The molecule has 1 aliphatic rings. The molecule has 1 aromatic rings. The van der Waals surface area contributed by atoms with Crippen LogP contribution < -0.4 is 4.90 Å². The number of esters is 1. The topological polar surface area (TPSA) is 72.7 Å². The Morgan fingerprint density at radius 2 is 2.33 bits per heavy atom. The van der Waals surface area contributed by atoms with E-state index in [1.54, 1.807) is 24.8 Å². The van der Waals surface area contributed by atoms with Gasteiger partial charge in [0, 0.05) is 22.8 Å². The summed E-state index contributed by atoms with van der Waals surface area (Å²) in [5.74, 6) is 0.161. The number of anilines is 1. The van der Waals surface area contributed by atoms with E-state index >= 15 is 0 Å². The molecule has 0 radical (unpaired) electrons. The summed E-state index contributed by atoms with van der Waals surface area (Å²) in [4.78, 5) is 25.5. The molecule has 0 aliphatic carbocycles. The van der Waals surface area contributed by atoms with Crippen LogP contribution >= 0.6 is 24.0 Å². The quantitative estimate of drug-likeness (QED) is 0.364. The van der Waals surface area contributed by atoms with Gasteiger partial charge in [0.1, 0.15) is 6.04 Å². The fourth-order valence-corrected chi connectivity index (χ4v) is 3.39. The maximum atomic E-state index is 12.0. The molecule has 2 rings (SSSR count). The number of carbonyl (C=O) groups is 1. The highest BCUT2D eigenvalue weighted by molar-refractivity contribution is 8.01. The van der Waals surface area contributed by atoms with Crippen molar-refractivity contribution in [3.8, 4) is 0 Å². The van der Waals surface area contributed by atoms with E-state index < -0.39 is 16.9 Å². The first kappa shape index (κ1) is 15.7. The normalized spacial score (nSPS) is 15.3. The van der Waals surface area contributed by atoms with E-state index in [-0.39, 0.29) is 12.3 Å². The number of carbonyl (C=O) groups excluding carboxylic acids is 1. The Hall–Kier alpha value is -1.67. The minimum absolute atomic E-state index is 0.0277. The van der Waals surface area contributed by atoms with Crippen LogP contribution in [-0.4, -0.2) is 34.3 Å². The maximum Gasteiger partial charge on any atom is 0.328 e. The molecule has 0 N–H and O–H groups in total. The highest BCUT2D eigenvalue weighted by atomic mass is 32.2. The van der Waals surface area contributed by atoms with Gasteiger partial charge in [0.25, 0.3) is 5.69 Å². The molecule has 112 valence electrons. The lowest BCUT2D eigenvalue weighted by atomic mass is 10.2. The van der Waals surface area contributed by atoms with Gasteiger partial charge in [-0.1, -0.05) is 12.2 Å². The Labute approximate surface area is 131 Å². The number of thioether (sulfide) groups is 1. The van der Waals surface area contributed by atoms with Crippen LogP contribution in [-0.2, 0) is 9.53 Å². The van der Waals surface area contributed by atoms with Crippen LogP contribution in [0.15, 0.2) is 23.1 Å². The Kier molecular flexibility index (Phi) is 4.79. The summed E-state index contributed by atoms with van der Waals surface area (Å²) in [6.07, 6.45) is 0. The summed E-state index contributed by atoms with van der Waals surface area (Å²) in [6, 6.07) is 3.97.